The minimum atomic E-state index is -1.94. The molecule has 0 bridgehead atoms. The Hall–Kier alpha value is -6.27. The number of carbonyl (C=O) groups is 11. The number of ether oxygens (including phenoxy) is 4. The first kappa shape index (κ1) is 75.0. The van der Waals surface area contributed by atoms with Crippen LogP contribution in [0.25, 0.3) is 0 Å². The highest BCUT2D eigenvalue weighted by Gasteiger charge is 2.52. The molecule has 20 atom stereocenters. The Balaban J connectivity index is 1.65. The first-order valence-corrected chi connectivity index (χ1v) is 29.0. The number of hydrogen-bond acceptors (Lipinski definition) is 22. The van der Waals surface area contributed by atoms with Gasteiger partial charge in [-0.05, 0) is 70.6 Å². The van der Waals surface area contributed by atoms with Crippen molar-refractivity contribution in [3.05, 3.63) is 0 Å². The van der Waals surface area contributed by atoms with E-state index < -0.39 is 224 Å². The second-order valence-corrected chi connectivity index (χ2v) is 23.6. The molecule has 3 fully saturated rings. The second kappa shape index (κ2) is 33.9. The molecule has 3 saturated heterocycles. The van der Waals surface area contributed by atoms with Gasteiger partial charge in [0.2, 0.25) is 53.2 Å². The van der Waals surface area contributed by atoms with E-state index in [4.69, 9.17) is 24.7 Å². The molecule has 2 unspecified atom stereocenters. The Morgan fingerprint density at radius 3 is 1.53 bits per heavy atom. The van der Waals surface area contributed by atoms with E-state index in [1.807, 2.05) is 0 Å². The predicted molar refractivity (Wildman–Crippen MR) is 302 cm³/mol. The van der Waals surface area contributed by atoms with Crippen LogP contribution in [0.2, 0.25) is 0 Å². The molecule has 33 nitrogen and oxygen atoms in total. The number of piperidine rings is 1. The molecule has 496 valence electrons. The molecule has 0 radical (unpaired) electrons. The third-order valence-corrected chi connectivity index (χ3v) is 15.0. The molecule has 3 rings (SSSR count). The van der Waals surface area contributed by atoms with Crippen LogP contribution in [-0.2, 0) is 66.9 Å². The maximum Gasteiger partial charge on any atom is 0.325 e. The van der Waals surface area contributed by atoms with Crippen LogP contribution in [-0.4, -0.2) is 247 Å². The number of hydrogen-bond donors (Lipinski definition) is 17. The Morgan fingerprint density at radius 1 is 0.552 bits per heavy atom. The van der Waals surface area contributed by atoms with E-state index in [1.165, 1.54) is 32.6 Å². The van der Waals surface area contributed by atoms with Crippen molar-refractivity contribution in [2.45, 2.75) is 231 Å². The lowest BCUT2D eigenvalue weighted by Gasteiger charge is -2.48. The van der Waals surface area contributed by atoms with Gasteiger partial charge in [-0.15, -0.1) is 0 Å². The first-order valence-electron chi connectivity index (χ1n) is 29.0. The molecule has 33 heteroatoms. The van der Waals surface area contributed by atoms with Crippen LogP contribution in [0.15, 0.2) is 0 Å². The highest BCUT2D eigenvalue weighted by Crippen LogP contribution is 2.31. The molecule has 0 aromatic rings. The second-order valence-electron chi connectivity index (χ2n) is 23.6. The lowest BCUT2D eigenvalue weighted by Crippen LogP contribution is -2.68. The number of carboxylic acids is 1. The summed E-state index contributed by atoms with van der Waals surface area (Å²) >= 11 is 0. The van der Waals surface area contributed by atoms with E-state index in [9.17, 15) is 88.5 Å². The van der Waals surface area contributed by atoms with Crippen LogP contribution < -0.4 is 53.6 Å². The Morgan fingerprint density at radius 2 is 1.02 bits per heavy atom. The van der Waals surface area contributed by atoms with Crippen molar-refractivity contribution in [1.29, 1.82) is 0 Å². The van der Waals surface area contributed by atoms with Crippen LogP contribution in [0.1, 0.15) is 109 Å². The lowest BCUT2D eigenvalue weighted by molar-refractivity contribution is -0.347. The number of carbonyl (C=O) groups excluding carboxylic acids is 10. The topological polar surface area (TPSA) is 504 Å². The van der Waals surface area contributed by atoms with Gasteiger partial charge in [-0.2, -0.15) is 0 Å². The van der Waals surface area contributed by atoms with Gasteiger partial charge in [-0.25, -0.2) is 4.79 Å². The van der Waals surface area contributed by atoms with E-state index >= 15 is 0 Å². The van der Waals surface area contributed by atoms with Crippen molar-refractivity contribution >= 4 is 65.2 Å². The summed E-state index contributed by atoms with van der Waals surface area (Å²) in [6.07, 6.45) is -15.6. The molecular weight excluding hydrogens is 1150 g/mol. The monoisotopic (exact) mass is 1250 g/mol. The highest BCUT2D eigenvalue weighted by atomic mass is 16.7. The zero-order valence-electron chi connectivity index (χ0n) is 51.4. The maximum atomic E-state index is 14.4. The molecule has 0 spiro atoms. The maximum absolute atomic E-state index is 14.4. The molecule has 3 aliphatic rings. The van der Waals surface area contributed by atoms with Gasteiger partial charge in [0.1, 0.15) is 103 Å². The number of rotatable bonds is 28. The third-order valence-electron chi connectivity index (χ3n) is 15.0. The van der Waals surface area contributed by atoms with E-state index in [-0.39, 0.29) is 13.0 Å². The number of nitrogens with two attached hydrogens (primary N) is 1. The zero-order valence-corrected chi connectivity index (χ0v) is 51.4. The fourth-order valence-electron chi connectivity index (χ4n) is 9.62. The fraction of sp³-hybridized carbons (Fsp3) is 0.796. The first-order chi connectivity index (χ1) is 40.5. The molecular formula is C54H93N11O22. The lowest BCUT2D eigenvalue weighted by atomic mass is 9.95. The fourth-order valence-corrected chi connectivity index (χ4v) is 9.62. The number of amides is 11. The molecule has 0 aromatic heterocycles. The molecule has 11 amide bonds. The van der Waals surface area contributed by atoms with Gasteiger partial charge < -0.3 is 108 Å². The number of carboxylic acid groups (broad SMARTS) is 1. The molecule has 0 aliphatic carbocycles. The van der Waals surface area contributed by atoms with Crippen molar-refractivity contribution in [2.75, 3.05) is 19.8 Å². The minimum Gasteiger partial charge on any atom is -0.480 e. The minimum absolute atomic E-state index is 0.0675. The number of aliphatic carboxylic acids is 1. The van der Waals surface area contributed by atoms with E-state index in [0.29, 0.717) is 12.8 Å². The van der Waals surface area contributed by atoms with E-state index in [1.54, 1.807) is 55.4 Å². The number of urea groups is 1. The van der Waals surface area contributed by atoms with Crippen molar-refractivity contribution in [1.82, 2.24) is 52.8 Å². The molecule has 0 aromatic carbocycles. The molecule has 3 heterocycles. The summed E-state index contributed by atoms with van der Waals surface area (Å²) in [5, 5.41) is 93.6. The molecule has 0 saturated carbocycles. The van der Waals surface area contributed by atoms with Gasteiger partial charge in [-0.1, -0.05) is 55.4 Å². The van der Waals surface area contributed by atoms with Crippen molar-refractivity contribution in [2.24, 2.45) is 29.4 Å². The van der Waals surface area contributed by atoms with Gasteiger partial charge in [0.25, 0.3) is 0 Å². The number of aliphatic hydroxyl groups excluding tert-OH is 6. The molecule has 18 N–H and O–H groups in total. The Labute approximate surface area is 504 Å². The average Bonchev–Trinajstić information content (AvgIpc) is 2.58. The van der Waals surface area contributed by atoms with Crippen LogP contribution in [0.5, 0.6) is 0 Å². The van der Waals surface area contributed by atoms with Gasteiger partial charge in [-0.3, -0.25) is 53.3 Å². The Bertz CT molecular complexity index is 2400. The van der Waals surface area contributed by atoms with Crippen molar-refractivity contribution in [3.63, 3.8) is 0 Å². The average molecular weight is 1250 g/mol. The smallest absolute Gasteiger partial charge is 0.325 e. The molecule has 3 aliphatic heterocycles. The SMILES string of the molecule is CC(=O)N[C@H]1[C@@H](O[C@H](C)C(N)C(=O)N[C@H](C(=O)N2CCCCC2C(=O)N[C@@H](C)C(=O)N[C@@H](C)C(=O)NC(=O)N[C@H](C(=O)N[C@H](C(=O)N[C@H](C(=O)N[C@@H](C)C(=O)O)C(C)C)C(C)C)C(C)C)C(C)C)O[C@H](CO)[C@H](O)[C@@H]1O[C@@H]1O[C@H](CO)[C@H](O)[C@@H](O)[C@@H]1O. The number of imide groups is 1. The van der Waals surface area contributed by atoms with Gasteiger partial charge in [0, 0.05) is 13.5 Å². The largest absolute Gasteiger partial charge is 0.480 e. The van der Waals surface area contributed by atoms with Gasteiger partial charge in [0.15, 0.2) is 12.6 Å². The summed E-state index contributed by atoms with van der Waals surface area (Å²) < 4.78 is 23.1. The number of nitrogens with zero attached hydrogens (tertiary/aromatic N) is 1. The summed E-state index contributed by atoms with van der Waals surface area (Å²) in [6.45, 7) is 17.6. The standard InChI is InChI=1S/C54H93N11O22/c1-20(2)33(47(77)58-26(11)51(81)82)60-48(78)34(21(3)4)61-49(79)35(22(5)6)63-54(83)64-44(74)25(10)56-43(73)24(9)57-45(75)29-16-14-15-17-65(29)50(80)36(23(7)8)62-46(76)32(55)27(12)84-52-37(59-28(13)68)42(39(70)31(19-67)85-52)87-53-41(72)40(71)38(69)30(18-66)86-53/h20-27,29-42,52-53,66-67,69-72H,14-19,55H2,1-13H3,(H,56,73)(H,57,75)(H,58,77)(H,59,68)(H,60,78)(H,61,79)(H,62,76)(H,81,82)(H2,63,64,74,83)/t24-,25-,26-,27+,29?,30+,31+,32?,33-,34-,35-,36-,37+,38-,39-,40+,41-,42+,52-,53-/m0/s1. The van der Waals surface area contributed by atoms with Gasteiger partial charge in [0.05, 0.1) is 19.3 Å². The van der Waals surface area contributed by atoms with E-state index in [2.05, 4.69) is 47.9 Å². The predicted octanol–water partition coefficient (Wildman–Crippen LogP) is -6.26. The highest BCUT2D eigenvalue weighted by molar-refractivity contribution is 6.01. The Kier molecular flexibility index (Phi) is 29.2. The van der Waals surface area contributed by atoms with Crippen LogP contribution in [0.4, 0.5) is 4.79 Å². The van der Waals surface area contributed by atoms with Crippen LogP contribution in [0.3, 0.4) is 0 Å². The van der Waals surface area contributed by atoms with Gasteiger partial charge >= 0.3 is 12.0 Å². The van der Waals surface area contributed by atoms with Crippen molar-refractivity contribution in [3.8, 4) is 0 Å². The summed E-state index contributed by atoms with van der Waals surface area (Å²) in [6, 6.07) is -14.4. The molecule has 87 heavy (non-hydrogen) atoms. The third kappa shape index (κ3) is 20.7. The number of aliphatic hydroxyl groups is 6. The normalized spacial score (nSPS) is 27.2. The summed E-state index contributed by atoms with van der Waals surface area (Å²) in [5.74, 6) is -10.8. The zero-order chi connectivity index (χ0) is 66.2. The van der Waals surface area contributed by atoms with Crippen LogP contribution >= 0.6 is 0 Å². The quantitative estimate of drug-likeness (QED) is 0.0346. The summed E-state index contributed by atoms with van der Waals surface area (Å²) in [5.41, 5.74) is 6.40. The van der Waals surface area contributed by atoms with E-state index in [0.717, 1.165) is 6.92 Å². The van der Waals surface area contributed by atoms with Crippen molar-refractivity contribution < 1.29 is 107 Å². The summed E-state index contributed by atoms with van der Waals surface area (Å²) in [4.78, 5) is 147. The summed E-state index contributed by atoms with van der Waals surface area (Å²) in [7, 11) is 0. The van der Waals surface area contributed by atoms with Crippen LogP contribution in [0, 0.1) is 23.7 Å². The number of nitrogens with one attached hydrogen (secondary N) is 9. The number of likely N-dealkylation sites (tertiary alicyclic amines) is 1.